The van der Waals surface area contributed by atoms with Crippen LogP contribution in [0.15, 0.2) is 36.5 Å². The van der Waals surface area contributed by atoms with E-state index in [2.05, 4.69) is 31.2 Å². The molecular weight excluding hydrogens is 248 g/mol. The number of aliphatic carboxylic acids is 1. The highest BCUT2D eigenvalue weighted by Crippen LogP contribution is 2.05. The smallest absolute Gasteiger partial charge is 0.303 e. The van der Waals surface area contributed by atoms with Crippen LogP contribution in [0.2, 0.25) is 0 Å². The number of carboxylic acids is 1. The second-order valence-electron chi connectivity index (χ2n) is 5.08. The highest BCUT2D eigenvalue weighted by Gasteiger charge is 1.93. The molecule has 2 heteroatoms. The first kappa shape index (κ1) is 18.7. The monoisotopic (exact) mass is 278 g/mol. The van der Waals surface area contributed by atoms with Crippen LogP contribution >= 0.6 is 0 Å². The molecule has 0 aliphatic carbocycles. The Hall–Kier alpha value is -1.31. The molecule has 1 N–H and O–H groups in total. The second kappa shape index (κ2) is 15.7. The van der Waals surface area contributed by atoms with E-state index in [1.54, 1.807) is 0 Å². The summed E-state index contributed by atoms with van der Waals surface area (Å²) < 4.78 is 0. The van der Waals surface area contributed by atoms with E-state index in [0.717, 1.165) is 19.3 Å². The third kappa shape index (κ3) is 16.7. The Morgan fingerprint density at radius 2 is 1.35 bits per heavy atom. The second-order valence-corrected chi connectivity index (χ2v) is 5.08. The first-order valence-electron chi connectivity index (χ1n) is 7.97. The average molecular weight is 278 g/mol. The predicted molar refractivity (Wildman–Crippen MR) is 86.9 cm³/mol. The van der Waals surface area contributed by atoms with Gasteiger partial charge in [-0.05, 0) is 32.1 Å². The van der Waals surface area contributed by atoms with Crippen LogP contribution in [0.25, 0.3) is 0 Å². The maximum absolute atomic E-state index is 10.3. The highest BCUT2D eigenvalue weighted by molar-refractivity contribution is 5.66. The van der Waals surface area contributed by atoms with Gasteiger partial charge in [0, 0.05) is 6.42 Å². The molecule has 0 rings (SSSR count). The van der Waals surface area contributed by atoms with Gasteiger partial charge in [-0.3, -0.25) is 4.79 Å². The summed E-state index contributed by atoms with van der Waals surface area (Å²) in [6.07, 6.45) is 23.3. The summed E-state index contributed by atoms with van der Waals surface area (Å²) in [7, 11) is 0. The van der Waals surface area contributed by atoms with E-state index in [-0.39, 0.29) is 6.42 Å². The van der Waals surface area contributed by atoms with E-state index in [1.807, 2.05) is 12.2 Å². The lowest BCUT2D eigenvalue weighted by Crippen LogP contribution is -1.92. The quantitative estimate of drug-likeness (QED) is 0.348. The maximum Gasteiger partial charge on any atom is 0.303 e. The first-order chi connectivity index (χ1) is 9.77. The summed E-state index contributed by atoms with van der Waals surface area (Å²) in [5, 5.41) is 8.48. The Kier molecular flexibility index (Phi) is 14.7. The highest BCUT2D eigenvalue weighted by atomic mass is 16.4. The van der Waals surface area contributed by atoms with Gasteiger partial charge >= 0.3 is 5.97 Å². The van der Waals surface area contributed by atoms with Crippen molar-refractivity contribution in [3.8, 4) is 0 Å². The van der Waals surface area contributed by atoms with Crippen LogP contribution in [0.4, 0.5) is 0 Å². The lowest BCUT2D eigenvalue weighted by Gasteiger charge is -1.95. The molecule has 0 aromatic carbocycles. The molecule has 0 radical (unpaired) electrons. The summed E-state index contributed by atoms with van der Waals surface area (Å²) >= 11 is 0. The van der Waals surface area contributed by atoms with Crippen molar-refractivity contribution in [2.24, 2.45) is 0 Å². The average Bonchev–Trinajstić information content (AvgIpc) is 2.43. The summed E-state index contributed by atoms with van der Waals surface area (Å²) in [4.78, 5) is 10.3. The number of hydrogen-bond acceptors (Lipinski definition) is 1. The Morgan fingerprint density at radius 1 is 0.800 bits per heavy atom. The van der Waals surface area contributed by atoms with Crippen LogP contribution in [0.3, 0.4) is 0 Å². The minimum absolute atomic E-state index is 0.282. The van der Waals surface area contributed by atoms with Gasteiger partial charge in [0.2, 0.25) is 0 Å². The van der Waals surface area contributed by atoms with E-state index in [4.69, 9.17) is 5.11 Å². The zero-order valence-electron chi connectivity index (χ0n) is 12.9. The predicted octanol–water partition coefficient (Wildman–Crippen LogP) is 5.66. The minimum Gasteiger partial charge on any atom is -0.481 e. The fourth-order valence-electron chi connectivity index (χ4n) is 1.88. The number of unbranched alkanes of at least 4 members (excludes halogenated alkanes) is 7. The van der Waals surface area contributed by atoms with Gasteiger partial charge in [0.1, 0.15) is 0 Å². The van der Waals surface area contributed by atoms with Crippen molar-refractivity contribution in [3.63, 3.8) is 0 Å². The molecule has 0 saturated heterocycles. The molecule has 0 bridgehead atoms. The molecule has 0 spiro atoms. The third-order valence-corrected chi connectivity index (χ3v) is 3.09. The van der Waals surface area contributed by atoms with E-state index in [0.29, 0.717) is 0 Å². The fourth-order valence-corrected chi connectivity index (χ4v) is 1.88. The van der Waals surface area contributed by atoms with Crippen LogP contribution < -0.4 is 0 Å². The van der Waals surface area contributed by atoms with Crippen molar-refractivity contribution in [1.29, 1.82) is 0 Å². The molecule has 0 unspecified atom stereocenters. The van der Waals surface area contributed by atoms with Gasteiger partial charge in [-0.2, -0.15) is 0 Å². The van der Waals surface area contributed by atoms with Gasteiger partial charge in [-0.1, -0.05) is 69.1 Å². The van der Waals surface area contributed by atoms with Crippen LogP contribution in [-0.2, 0) is 4.79 Å². The van der Waals surface area contributed by atoms with Crippen LogP contribution in [-0.4, -0.2) is 11.1 Å². The number of carboxylic acid groups (broad SMARTS) is 1. The molecule has 0 heterocycles. The standard InChI is InChI=1S/C18H30O2/c1-2-3-4-5-6-7-8-9-10-11-12-13-14-15-16-17-18(19)20/h8-13H,2-7,14-17H2,1H3,(H,19,20)/b9-8+,11-10+,13-12+. The molecular formula is C18H30O2. The van der Waals surface area contributed by atoms with Gasteiger partial charge in [-0.25, -0.2) is 0 Å². The normalized spacial score (nSPS) is 12.1. The third-order valence-electron chi connectivity index (χ3n) is 3.09. The first-order valence-corrected chi connectivity index (χ1v) is 7.97. The topological polar surface area (TPSA) is 37.3 Å². The summed E-state index contributed by atoms with van der Waals surface area (Å²) in [6.45, 7) is 2.24. The van der Waals surface area contributed by atoms with E-state index >= 15 is 0 Å². The molecule has 0 atom stereocenters. The van der Waals surface area contributed by atoms with Crippen molar-refractivity contribution in [2.45, 2.75) is 71.1 Å². The number of allylic oxidation sites excluding steroid dienone is 6. The van der Waals surface area contributed by atoms with Crippen molar-refractivity contribution in [3.05, 3.63) is 36.5 Å². The Balaban J connectivity index is 3.35. The molecule has 0 saturated carbocycles. The zero-order chi connectivity index (χ0) is 14.9. The molecule has 0 aromatic heterocycles. The van der Waals surface area contributed by atoms with Crippen molar-refractivity contribution < 1.29 is 9.90 Å². The van der Waals surface area contributed by atoms with Crippen molar-refractivity contribution >= 4 is 5.97 Å². The van der Waals surface area contributed by atoms with Crippen LogP contribution in [0.5, 0.6) is 0 Å². The van der Waals surface area contributed by atoms with Gasteiger partial charge < -0.3 is 5.11 Å². The summed E-state index contributed by atoms with van der Waals surface area (Å²) in [6, 6.07) is 0. The van der Waals surface area contributed by atoms with Gasteiger partial charge in [0.15, 0.2) is 0 Å². The van der Waals surface area contributed by atoms with Gasteiger partial charge in [0.05, 0.1) is 0 Å². The molecule has 0 aliphatic rings. The molecule has 0 amide bonds. The van der Waals surface area contributed by atoms with E-state index in [1.165, 1.54) is 38.5 Å². The van der Waals surface area contributed by atoms with Crippen molar-refractivity contribution in [1.82, 2.24) is 0 Å². The maximum atomic E-state index is 10.3. The lowest BCUT2D eigenvalue weighted by molar-refractivity contribution is -0.137. The number of rotatable bonds is 13. The molecule has 0 aliphatic heterocycles. The number of hydrogen-bond donors (Lipinski definition) is 1. The van der Waals surface area contributed by atoms with Gasteiger partial charge in [0.25, 0.3) is 0 Å². The molecule has 0 aromatic rings. The Labute approximate surface area is 124 Å². The largest absolute Gasteiger partial charge is 0.481 e. The molecule has 20 heavy (non-hydrogen) atoms. The van der Waals surface area contributed by atoms with E-state index in [9.17, 15) is 4.79 Å². The summed E-state index contributed by atoms with van der Waals surface area (Å²) in [5.74, 6) is -0.700. The Morgan fingerprint density at radius 3 is 1.90 bits per heavy atom. The van der Waals surface area contributed by atoms with Crippen LogP contribution in [0, 0.1) is 0 Å². The van der Waals surface area contributed by atoms with E-state index < -0.39 is 5.97 Å². The SMILES string of the molecule is CCCCCCC/C=C/C=C/C=C/CCCCC(=O)O. The van der Waals surface area contributed by atoms with Crippen LogP contribution in [0.1, 0.15) is 71.1 Å². The lowest BCUT2D eigenvalue weighted by atomic mass is 10.1. The van der Waals surface area contributed by atoms with Crippen molar-refractivity contribution in [2.75, 3.05) is 0 Å². The molecule has 2 nitrogen and oxygen atoms in total. The molecule has 114 valence electrons. The number of carbonyl (C=O) groups is 1. The zero-order valence-corrected chi connectivity index (χ0v) is 12.9. The fraction of sp³-hybridized carbons (Fsp3) is 0.611. The molecule has 0 fully saturated rings. The van der Waals surface area contributed by atoms with Gasteiger partial charge in [-0.15, -0.1) is 0 Å². The Bertz CT molecular complexity index is 301. The minimum atomic E-state index is -0.700. The summed E-state index contributed by atoms with van der Waals surface area (Å²) in [5.41, 5.74) is 0.